The first-order chi connectivity index (χ1) is 10.4. The van der Waals surface area contributed by atoms with E-state index in [1.54, 1.807) is 6.92 Å². The van der Waals surface area contributed by atoms with E-state index in [1.807, 2.05) is 32.0 Å². The number of nitrogens with one attached hydrogen (secondary N) is 1. The minimum absolute atomic E-state index is 0.0213. The molecule has 0 radical (unpaired) electrons. The maximum atomic E-state index is 12.2. The lowest BCUT2D eigenvalue weighted by atomic mass is 10.1. The number of anilines is 1. The van der Waals surface area contributed by atoms with Gasteiger partial charge < -0.3 is 10.4 Å². The Hall–Kier alpha value is -2.47. The molecule has 6 heteroatoms. The van der Waals surface area contributed by atoms with E-state index >= 15 is 0 Å². The SMILES string of the molecule is Cc1cccc(NC(=O)Cn2nc(CO)c(=O)cc2C)c1C. The van der Waals surface area contributed by atoms with Crippen LogP contribution in [-0.4, -0.2) is 20.8 Å². The molecule has 2 N–H and O–H groups in total. The molecule has 2 rings (SSSR count). The maximum absolute atomic E-state index is 12.2. The summed E-state index contributed by atoms with van der Waals surface area (Å²) in [5.41, 5.74) is 3.13. The first-order valence-electron chi connectivity index (χ1n) is 6.97. The number of carbonyl (C=O) groups is 1. The van der Waals surface area contributed by atoms with Crippen molar-refractivity contribution in [1.82, 2.24) is 9.78 Å². The number of nitrogens with zero attached hydrogens (tertiary/aromatic N) is 2. The summed E-state index contributed by atoms with van der Waals surface area (Å²) >= 11 is 0. The van der Waals surface area contributed by atoms with Crippen molar-refractivity contribution in [3.63, 3.8) is 0 Å². The number of hydrogen-bond donors (Lipinski definition) is 2. The first kappa shape index (κ1) is 15.9. The summed E-state index contributed by atoms with van der Waals surface area (Å²) in [6.07, 6.45) is 0. The minimum atomic E-state index is -0.447. The topological polar surface area (TPSA) is 84.2 Å². The van der Waals surface area contributed by atoms with Gasteiger partial charge in [-0.15, -0.1) is 0 Å². The van der Waals surface area contributed by atoms with Crippen LogP contribution in [0.15, 0.2) is 29.1 Å². The van der Waals surface area contributed by atoms with E-state index in [4.69, 9.17) is 5.11 Å². The smallest absolute Gasteiger partial charge is 0.246 e. The molecule has 0 aliphatic heterocycles. The second-order valence-corrected chi connectivity index (χ2v) is 5.21. The number of hydrogen-bond acceptors (Lipinski definition) is 4. The van der Waals surface area contributed by atoms with Crippen molar-refractivity contribution in [2.24, 2.45) is 0 Å². The van der Waals surface area contributed by atoms with Gasteiger partial charge in [-0.25, -0.2) is 0 Å². The highest BCUT2D eigenvalue weighted by molar-refractivity contribution is 5.91. The zero-order chi connectivity index (χ0) is 16.3. The molecule has 0 unspecified atom stereocenters. The third-order valence-corrected chi connectivity index (χ3v) is 3.59. The summed E-state index contributed by atoms with van der Waals surface area (Å²) < 4.78 is 1.41. The predicted molar refractivity (Wildman–Crippen MR) is 83.7 cm³/mol. The first-order valence-corrected chi connectivity index (χ1v) is 6.97. The van der Waals surface area contributed by atoms with E-state index in [2.05, 4.69) is 10.4 Å². The van der Waals surface area contributed by atoms with Gasteiger partial charge >= 0.3 is 0 Å². The monoisotopic (exact) mass is 301 g/mol. The number of amides is 1. The van der Waals surface area contributed by atoms with Crippen LogP contribution in [-0.2, 0) is 17.9 Å². The Morgan fingerprint density at radius 2 is 2.05 bits per heavy atom. The van der Waals surface area contributed by atoms with Crippen LogP contribution in [0.25, 0.3) is 0 Å². The molecule has 0 fully saturated rings. The molecule has 0 spiro atoms. The van der Waals surface area contributed by atoms with Gasteiger partial charge in [0.1, 0.15) is 12.2 Å². The Kier molecular flexibility index (Phi) is 4.72. The molecule has 0 aliphatic carbocycles. The Morgan fingerprint density at radius 3 is 2.73 bits per heavy atom. The van der Waals surface area contributed by atoms with Crippen LogP contribution in [0.2, 0.25) is 0 Å². The van der Waals surface area contributed by atoms with Crippen LogP contribution >= 0.6 is 0 Å². The number of aryl methyl sites for hydroxylation is 2. The fraction of sp³-hybridized carbons (Fsp3) is 0.312. The van der Waals surface area contributed by atoms with E-state index in [0.717, 1.165) is 16.8 Å². The fourth-order valence-electron chi connectivity index (χ4n) is 2.10. The summed E-state index contributed by atoms with van der Waals surface area (Å²) in [6, 6.07) is 7.06. The van der Waals surface area contributed by atoms with Crippen LogP contribution < -0.4 is 10.7 Å². The fourth-order valence-corrected chi connectivity index (χ4v) is 2.10. The number of benzene rings is 1. The molecule has 1 heterocycles. The Morgan fingerprint density at radius 1 is 1.32 bits per heavy atom. The molecule has 2 aromatic rings. The van der Waals surface area contributed by atoms with E-state index in [1.165, 1.54) is 10.7 Å². The number of aliphatic hydroxyl groups excluding tert-OH is 1. The summed E-state index contributed by atoms with van der Waals surface area (Å²) in [4.78, 5) is 23.7. The third-order valence-electron chi connectivity index (χ3n) is 3.59. The number of aliphatic hydroxyl groups is 1. The van der Waals surface area contributed by atoms with Crippen LogP contribution in [0.1, 0.15) is 22.5 Å². The summed E-state index contributed by atoms with van der Waals surface area (Å²) in [5.74, 6) is -0.239. The van der Waals surface area contributed by atoms with Crippen molar-refractivity contribution in [3.05, 3.63) is 57.0 Å². The highest BCUT2D eigenvalue weighted by Crippen LogP contribution is 2.17. The molecule has 1 aromatic heterocycles. The summed E-state index contributed by atoms with van der Waals surface area (Å²) in [7, 11) is 0. The molecule has 0 atom stereocenters. The summed E-state index contributed by atoms with van der Waals surface area (Å²) in [6.45, 7) is 5.15. The third kappa shape index (κ3) is 3.40. The van der Waals surface area contributed by atoms with Crippen molar-refractivity contribution >= 4 is 11.6 Å². The Labute approximate surface area is 128 Å². The van der Waals surface area contributed by atoms with Crippen molar-refractivity contribution in [2.45, 2.75) is 33.9 Å². The average molecular weight is 301 g/mol. The highest BCUT2D eigenvalue weighted by Gasteiger charge is 2.10. The molecular formula is C16H19N3O3. The molecule has 0 saturated heterocycles. The van der Waals surface area contributed by atoms with Crippen molar-refractivity contribution in [3.8, 4) is 0 Å². The molecule has 6 nitrogen and oxygen atoms in total. The Balaban J connectivity index is 2.19. The Bertz CT molecular complexity index is 766. The van der Waals surface area contributed by atoms with Crippen LogP contribution in [0.3, 0.4) is 0 Å². The van der Waals surface area contributed by atoms with E-state index < -0.39 is 6.61 Å². The van der Waals surface area contributed by atoms with Gasteiger partial charge in [0, 0.05) is 17.4 Å². The van der Waals surface area contributed by atoms with E-state index in [9.17, 15) is 9.59 Å². The number of aromatic nitrogens is 2. The standard InChI is InChI=1S/C16H19N3O3/c1-10-5-4-6-13(12(10)3)17-16(22)8-19-11(2)7-15(21)14(9-20)18-19/h4-7,20H,8-9H2,1-3H3,(H,17,22). The van der Waals surface area contributed by atoms with Crippen LogP contribution in [0.4, 0.5) is 5.69 Å². The molecule has 0 bridgehead atoms. The number of carbonyl (C=O) groups excluding carboxylic acids is 1. The van der Waals surface area contributed by atoms with Gasteiger partial charge in [0.2, 0.25) is 11.3 Å². The van der Waals surface area contributed by atoms with Gasteiger partial charge in [0.05, 0.1) is 6.61 Å². The van der Waals surface area contributed by atoms with Gasteiger partial charge in [-0.2, -0.15) is 5.10 Å². The normalized spacial score (nSPS) is 10.5. The predicted octanol–water partition coefficient (Wildman–Crippen LogP) is 1.30. The zero-order valence-electron chi connectivity index (χ0n) is 12.9. The molecule has 1 aromatic carbocycles. The average Bonchev–Trinajstić information content (AvgIpc) is 2.47. The van der Waals surface area contributed by atoms with Crippen molar-refractivity contribution in [2.75, 3.05) is 5.32 Å². The number of rotatable bonds is 4. The van der Waals surface area contributed by atoms with E-state index in [-0.39, 0.29) is 23.6 Å². The van der Waals surface area contributed by atoms with Gasteiger partial charge in [-0.1, -0.05) is 12.1 Å². The van der Waals surface area contributed by atoms with E-state index in [0.29, 0.717) is 5.69 Å². The van der Waals surface area contributed by atoms with Crippen LogP contribution in [0.5, 0.6) is 0 Å². The largest absolute Gasteiger partial charge is 0.390 e. The maximum Gasteiger partial charge on any atom is 0.246 e. The minimum Gasteiger partial charge on any atom is -0.390 e. The molecule has 0 saturated carbocycles. The molecule has 1 amide bonds. The van der Waals surface area contributed by atoms with Gasteiger partial charge in [-0.05, 0) is 38.0 Å². The zero-order valence-corrected chi connectivity index (χ0v) is 12.9. The van der Waals surface area contributed by atoms with Crippen molar-refractivity contribution < 1.29 is 9.90 Å². The molecule has 116 valence electrons. The lowest BCUT2D eigenvalue weighted by molar-refractivity contribution is -0.117. The quantitative estimate of drug-likeness (QED) is 0.891. The molecular weight excluding hydrogens is 282 g/mol. The van der Waals surface area contributed by atoms with Crippen LogP contribution in [0, 0.1) is 20.8 Å². The lowest BCUT2D eigenvalue weighted by Gasteiger charge is -2.13. The van der Waals surface area contributed by atoms with Gasteiger partial charge in [0.15, 0.2) is 0 Å². The van der Waals surface area contributed by atoms with Crippen molar-refractivity contribution in [1.29, 1.82) is 0 Å². The molecule has 22 heavy (non-hydrogen) atoms. The summed E-state index contributed by atoms with van der Waals surface area (Å²) in [5, 5.41) is 15.9. The molecule has 0 aliphatic rings. The van der Waals surface area contributed by atoms with Gasteiger partial charge in [-0.3, -0.25) is 14.3 Å². The highest BCUT2D eigenvalue weighted by atomic mass is 16.3. The second kappa shape index (κ2) is 6.53. The second-order valence-electron chi connectivity index (χ2n) is 5.21. The lowest BCUT2D eigenvalue weighted by Crippen LogP contribution is -2.26. The van der Waals surface area contributed by atoms with Gasteiger partial charge in [0.25, 0.3) is 0 Å².